The summed E-state index contributed by atoms with van der Waals surface area (Å²) in [7, 11) is -0.892. The van der Waals surface area contributed by atoms with Gasteiger partial charge in [0, 0.05) is 25.2 Å². The highest BCUT2D eigenvalue weighted by Crippen LogP contribution is 2.37. The van der Waals surface area contributed by atoms with Crippen molar-refractivity contribution in [2.75, 3.05) is 27.3 Å². The topological polar surface area (TPSA) is 65.1 Å². The number of halogens is 1. The Morgan fingerprint density at radius 1 is 1.14 bits per heavy atom. The quantitative estimate of drug-likeness (QED) is 0.833. The number of methoxy groups -OCH3 is 2. The van der Waals surface area contributed by atoms with E-state index >= 15 is 0 Å². The SMILES string of the molecule is COc1cc(S(=O)(=O)N2CC(C)OC(C)C2)c(OC)cc1Cl. The summed E-state index contributed by atoms with van der Waals surface area (Å²) in [5.41, 5.74) is 0. The minimum absolute atomic E-state index is 0.0394. The molecule has 0 aliphatic carbocycles. The number of morpholine rings is 1. The smallest absolute Gasteiger partial charge is 0.247 e. The Balaban J connectivity index is 2.48. The first-order valence-electron chi connectivity index (χ1n) is 6.86. The van der Waals surface area contributed by atoms with Gasteiger partial charge in [-0.25, -0.2) is 8.42 Å². The van der Waals surface area contributed by atoms with Crippen molar-refractivity contribution in [1.29, 1.82) is 0 Å². The molecule has 1 aliphatic rings. The van der Waals surface area contributed by atoms with Crippen molar-refractivity contribution in [3.8, 4) is 11.5 Å². The van der Waals surface area contributed by atoms with E-state index in [0.717, 1.165) is 0 Å². The molecule has 0 aromatic heterocycles. The van der Waals surface area contributed by atoms with Crippen molar-refractivity contribution in [2.45, 2.75) is 31.0 Å². The summed E-state index contributed by atoms with van der Waals surface area (Å²) in [4.78, 5) is 0.0394. The van der Waals surface area contributed by atoms with Crippen LogP contribution in [0.15, 0.2) is 17.0 Å². The summed E-state index contributed by atoms with van der Waals surface area (Å²) in [6.45, 7) is 4.28. The molecule has 8 heteroatoms. The Labute approximate surface area is 136 Å². The number of hydrogen-bond acceptors (Lipinski definition) is 5. The second-order valence-electron chi connectivity index (χ2n) is 5.22. The van der Waals surface area contributed by atoms with Crippen LogP contribution in [0.25, 0.3) is 0 Å². The summed E-state index contributed by atoms with van der Waals surface area (Å²) >= 11 is 6.03. The van der Waals surface area contributed by atoms with E-state index in [2.05, 4.69) is 0 Å². The molecular formula is C14H20ClNO5S. The zero-order chi connectivity index (χ0) is 16.5. The Hall–Kier alpha value is -1.02. The lowest BCUT2D eigenvalue weighted by molar-refractivity contribution is -0.0441. The van der Waals surface area contributed by atoms with E-state index in [1.165, 1.54) is 30.7 Å². The summed E-state index contributed by atoms with van der Waals surface area (Å²) < 4.78 is 43.1. The predicted molar refractivity (Wildman–Crippen MR) is 83.3 cm³/mol. The van der Waals surface area contributed by atoms with Gasteiger partial charge in [0.2, 0.25) is 10.0 Å². The molecule has 6 nitrogen and oxygen atoms in total. The van der Waals surface area contributed by atoms with E-state index in [-0.39, 0.29) is 28.6 Å². The zero-order valence-electron chi connectivity index (χ0n) is 13.0. The molecular weight excluding hydrogens is 330 g/mol. The fourth-order valence-electron chi connectivity index (χ4n) is 2.50. The maximum Gasteiger partial charge on any atom is 0.247 e. The molecule has 1 saturated heterocycles. The predicted octanol–water partition coefficient (Wildman–Crippen LogP) is 2.16. The van der Waals surface area contributed by atoms with Crippen molar-refractivity contribution >= 4 is 21.6 Å². The highest BCUT2D eigenvalue weighted by Gasteiger charge is 2.34. The second-order valence-corrected chi connectivity index (χ2v) is 7.53. The molecule has 1 heterocycles. The summed E-state index contributed by atoms with van der Waals surface area (Å²) in [5, 5.41) is 0.294. The standard InChI is InChI=1S/C14H20ClNO5S/c1-9-7-16(8-10(2)21-9)22(17,18)14-6-12(19-3)11(15)5-13(14)20-4/h5-6,9-10H,7-8H2,1-4H3. The number of ether oxygens (including phenoxy) is 3. The lowest BCUT2D eigenvalue weighted by Crippen LogP contribution is -2.48. The van der Waals surface area contributed by atoms with Crippen LogP contribution in [0.1, 0.15) is 13.8 Å². The summed E-state index contributed by atoms with van der Waals surface area (Å²) in [6, 6.07) is 2.84. The minimum atomic E-state index is -3.73. The zero-order valence-corrected chi connectivity index (χ0v) is 14.6. The second kappa shape index (κ2) is 6.62. The first kappa shape index (κ1) is 17.3. The lowest BCUT2D eigenvalue weighted by Gasteiger charge is -2.34. The van der Waals surface area contributed by atoms with Crippen molar-refractivity contribution in [3.05, 3.63) is 17.2 Å². The van der Waals surface area contributed by atoms with E-state index in [1.807, 2.05) is 13.8 Å². The maximum atomic E-state index is 12.9. The molecule has 0 bridgehead atoms. The van der Waals surface area contributed by atoms with Crippen LogP contribution in [-0.2, 0) is 14.8 Å². The van der Waals surface area contributed by atoms with Crippen LogP contribution in [0.5, 0.6) is 11.5 Å². The van der Waals surface area contributed by atoms with Crippen LogP contribution in [0, 0.1) is 0 Å². The van der Waals surface area contributed by atoms with Crippen LogP contribution in [0.4, 0.5) is 0 Å². The molecule has 2 unspecified atom stereocenters. The Morgan fingerprint density at radius 3 is 2.18 bits per heavy atom. The van der Waals surface area contributed by atoms with Gasteiger partial charge in [-0.05, 0) is 13.8 Å². The van der Waals surface area contributed by atoms with Crippen LogP contribution < -0.4 is 9.47 Å². The molecule has 0 saturated carbocycles. The van der Waals surface area contributed by atoms with E-state index in [1.54, 1.807) is 0 Å². The molecule has 1 aromatic rings. The van der Waals surface area contributed by atoms with Gasteiger partial charge in [0.15, 0.2) is 0 Å². The van der Waals surface area contributed by atoms with E-state index in [4.69, 9.17) is 25.8 Å². The van der Waals surface area contributed by atoms with Gasteiger partial charge < -0.3 is 14.2 Å². The van der Waals surface area contributed by atoms with Gasteiger partial charge in [-0.1, -0.05) is 11.6 Å². The number of benzene rings is 1. The Morgan fingerprint density at radius 2 is 1.68 bits per heavy atom. The van der Waals surface area contributed by atoms with Crippen LogP contribution in [-0.4, -0.2) is 52.2 Å². The van der Waals surface area contributed by atoms with Gasteiger partial charge in [0.05, 0.1) is 31.5 Å². The minimum Gasteiger partial charge on any atom is -0.495 e. The molecule has 2 atom stereocenters. The summed E-state index contributed by atoms with van der Waals surface area (Å²) in [6.07, 6.45) is -0.336. The van der Waals surface area contributed by atoms with E-state index in [9.17, 15) is 8.42 Å². The molecule has 1 aromatic carbocycles. The average molecular weight is 350 g/mol. The molecule has 1 aliphatic heterocycles. The lowest BCUT2D eigenvalue weighted by atomic mass is 10.3. The van der Waals surface area contributed by atoms with Gasteiger partial charge >= 0.3 is 0 Å². The van der Waals surface area contributed by atoms with Gasteiger partial charge in [-0.2, -0.15) is 4.31 Å². The van der Waals surface area contributed by atoms with Crippen molar-refractivity contribution in [2.24, 2.45) is 0 Å². The Kier molecular flexibility index (Phi) is 5.21. The van der Waals surface area contributed by atoms with Gasteiger partial charge in [-0.15, -0.1) is 0 Å². The maximum absolute atomic E-state index is 12.9. The molecule has 0 radical (unpaired) electrons. The van der Waals surface area contributed by atoms with Gasteiger partial charge in [0.25, 0.3) is 0 Å². The normalized spacial score (nSPS) is 23.3. The summed E-state index contributed by atoms with van der Waals surface area (Å²) in [5.74, 6) is 0.480. The first-order chi connectivity index (χ1) is 10.3. The fraction of sp³-hybridized carbons (Fsp3) is 0.571. The molecule has 124 valence electrons. The highest BCUT2D eigenvalue weighted by molar-refractivity contribution is 7.89. The average Bonchev–Trinajstić information content (AvgIpc) is 2.45. The monoisotopic (exact) mass is 349 g/mol. The van der Waals surface area contributed by atoms with Crippen molar-refractivity contribution < 1.29 is 22.6 Å². The fourth-order valence-corrected chi connectivity index (χ4v) is 4.47. The van der Waals surface area contributed by atoms with E-state index in [0.29, 0.717) is 18.1 Å². The van der Waals surface area contributed by atoms with E-state index < -0.39 is 10.0 Å². The number of sulfonamides is 1. The van der Waals surface area contributed by atoms with Crippen LogP contribution >= 0.6 is 11.6 Å². The third kappa shape index (κ3) is 3.32. The van der Waals surface area contributed by atoms with Crippen molar-refractivity contribution in [1.82, 2.24) is 4.31 Å². The highest BCUT2D eigenvalue weighted by atomic mass is 35.5. The van der Waals surface area contributed by atoms with Crippen LogP contribution in [0.3, 0.4) is 0 Å². The van der Waals surface area contributed by atoms with Crippen molar-refractivity contribution in [3.63, 3.8) is 0 Å². The number of nitrogens with zero attached hydrogens (tertiary/aromatic N) is 1. The van der Waals surface area contributed by atoms with Gasteiger partial charge in [0.1, 0.15) is 16.4 Å². The number of hydrogen-bond donors (Lipinski definition) is 0. The molecule has 2 rings (SSSR count). The van der Waals surface area contributed by atoms with Gasteiger partial charge in [-0.3, -0.25) is 0 Å². The molecule has 0 amide bonds. The Bertz CT molecular complexity index is 639. The molecule has 0 spiro atoms. The molecule has 1 fully saturated rings. The first-order valence-corrected chi connectivity index (χ1v) is 8.68. The molecule has 0 N–H and O–H groups in total. The number of rotatable bonds is 4. The molecule has 22 heavy (non-hydrogen) atoms. The third-order valence-electron chi connectivity index (χ3n) is 3.44. The third-order valence-corrected chi connectivity index (χ3v) is 5.59. The largest absolute Gasteiger partial charge is 0.495 e. The van der Waals surface area contributed by atoms with Crippen LogP contribution in [0.2, 0.25) is 5.02 Å².